The summed E-state index contributed by atoms with van der Waals surface area (Å²) in [6.07, 6.45) is 2.81. The first-order chi connectivity index (χ1) is 10.0. The molecule has 0 spiro atoms. The summed E-state index contributed by atoms with van der Waals surface area (Å²) in [5.74, 6) is 0.334. The van der Waals surface area contributed by atoms with Gasteiger partial charge in [-0.15, -0.1) is 0 Å². The number of nitrogens with zero attached hydrogens (tertiary/aromatic N) is 2. The monoisotopic (exact) mass is 287 g/mol. The first-order valence-corrected chi connectivity index (χ1v) is 7.22. The lowest BCUT2D eigenvalue weighted by atomic mass is 9.94. The number of benzene rings is 1. The van der Waals surface area contributed by atoms with Crippen molar-refractivity contribution in [3.63, 3.8) is 0 Å². The molecule has 2 N–H and O–H groups in total. The normalized spacial score (nSPS) is 12.5. The Kier molecular flexibility index (Phi) is 5.09. The highest BCUT2D eigenvalue weighted by Crippen LogP contribution is 2.17. The SMILES string of the molecule is CC(C)CC(CNc1ncc2ccccc2n1)CC(=O)O. The van der Waals surface area contributed by atoms with Crippen molar-refractivity contribution in [3.8, 4) is 0 Å². The highest BCUT2D eigenvalue weighted by molar-refractivity contribution is 5.78. The van der Waals surface area contributed by atoms with E-state index in [1.807, 2.05) is 24.3 Å². The molecule has 1 aromatic heterocycles. The van der Waals surface area contributed by atoms with Crippen LogP contribution in [0.15, 0.2) is 30.5 Å². The van der Waals surface area contributed by atoms with Crippen LogP contribution in [0.2, 0.25) is 0 Å². The molecule has 5 heteroatoms. The lowest BCUT2D eigenvalue weighted by molar-refractivity contribution is -0.138. The summed E-state index contributed by atoms with van der Waals surface area (Å²) < 4.78 is 0. The van der Waals surface area contributed by atoms with Crippen LogP contribution in [0.4, 0.5) is 5.95 Å². The minimum atomic E-state index is -0.762. The first kappa shape index (κ1) is 15.2. The number of hydrogen-bond donors (Lipinski definition) is 2. The molecule has 112 valence electrons. The number of aliphatic carboxylic acids is 1. The van der Waals surface area contributed by atoms with Gasteiger partial charge in [-0.1, -0.05) is 32.0 Å². The Bertz CT molecular complexity index is 613. The van der Waals surface area contributed by atoms with Crippen LogP contribution in [0.5, 0.6) is 0 Å². The second-order valence-corrected chi connectivity index (χ2v) is 5.73. The molecule has 1 unspecified atom stereocenters. The molecule has 0 aliphatic heterocycles. The Labute approximate surface area is 124 Å². The molecular formula is C16H21N3O2. The van der Waals surface area contributed by atoms with E-state index < -0.39 is 5.97 Å². The molecule has 0 fully saturated rings. The number of rotatable bonds is 7. The van der Waals surface area contributed by atoms with E-state index in [1.54, 1.807) is 6.20 Å². The number of carbonyl (C=O) groups is 1. The van der Waals surface area contributed by atoms with Crippen molar-refractivity contribution in [2.24, 2.45) is 11.8 Å². The molecule has 0 saturated heterocycles. The number of aromatic nitrogens is 2. The number of hydrogen-bond acceptors (Lipinski definition) is 4. The molecule has 2 rings (SSSR count). The Hall–Kier alpha value is -2.17. The van der Waals surface area contributed by atoms with Crippen LogP contribution in [0.1, 0.15) is 26.7 Å². The van der Waals surface area contributed by atoms with E-state index in [0.717, 1.165) is 17.3 Å². The summed E-state index contributed by atoms with van der Waals surface area (Å²) in [7, 11) is 0. The minimum Gasteiger partial charge on any atom is -0.481 e. The zero-order valence-electron chi connectivity index (χ0n) is 12.4. The van der Waals surface area contributed by atoms with Crippen LogP contribution in [0.25, 0.3) is 10.9 Å². The number of nitrogens with one attached hydrogen (secondary N) is 1. The van der Waals surface area contributed by atoms with Crippen LogP contribution in [0.3, 0.4) is 0 Å². The quantitative estimate of drug-likeness (QED) is 0.818. The van der Waals surface area contributed by atoms with Gasteiger partial charge in [0.05, 0.1) is 5.52 Å². The van der Waals surface area contributed by atoms with Gasteiger partial charge in [0, 0.05) is 24.5 Å². The van der Waals surface area contributed by atoms with Crippen molar-refractivity contribution in [1.82, 2.24) is 9.97 Å². The Morgan fingerprint density at radius 2 is 2.10 bits per heavy atom. The maximum atomic E-state index is 10.9. The molecule has 0 radical (unpaired) electrons. The van der Waals surface area contributed by atoms with Gasteiger partial charge in [-0.3, -0.25) is 4.79 Å². The van der Waals surface area contributed by atoms with Crippen LogP contribution >= 0.6 is 0 Å². The molecule has 1 heterocycles. The Morgan fingerprint density at radius 1 is 1.33 bits per heavy atom. The van der Waals surface area contributed by atoms with Crippen molar-refractivity contribution in [1.29, 1.82) is 0 Å². The first-order valence-electron chi connectivity index (χ1n) is 7.22. The Morgan fingerprint density at radius 3 is 2.81 bits per heavy atom. The highest BCUT2D eigenvalue weighted by atomic mass is 16.4. The molecule has 1 aromatic carbocycles. The summed E-state index contributed by atoms with van der Waals surface area (Å²) in [6.45, 7) is 4.77. The van der Waals surface area contributed by atoms with E-state index in [0.29, 0.717) is 18.4 Å². The minimum absolute atomic E-state index is 0.0811. The fourth-order valence-corrected chi connectivity index (χ4v) is 2.45. The third kappa shape index (κ3) is 4.70. The second-order valence-electron chi connectivity index (χ2n) is 5.73. The van der Waals surface area contributed by atoms with Crippen LogP contribution in [0, 0.1) is 11.8 Å². The van der Waals surface area contributed by atoms with E-state index >= 15 is 0 Å². The van der Waals surface area contributed by atoms with E-state index in [4.69, 9.17) is 5.11 Å². The van der Waals surface area contributed by atoms with Crippen molar-refractivity contribution in [2.75, 3.05) is 11.9 Å². The van der Waals surface area contributed by atoms with Crippen LogP contribution in [-0.4, -0.2) is 27.6 Å². The summed E-state index contributed by atoms with van der Waals surface area (Å²) in [5, 5.41) is 13.1. The van der Waals surface area contributed by atoms with Crippen molar-refractivity contribution in [2.45, 2.75) is 26.7 Å². The van der Waals surface area contributed by atoms with Gasteiger partial charge in [-0.2, -0.15) is 0 Å². The van der Waals surface area contributed by atoms with Gasteiger partial charge in [0.15, 0.2) is 0 Å². The van der Waals surface area contributed by atoms with Gasteiger partial charge in [0.2, 0.25) is 5.95 Å². The lowest BCUT2D eigenvalue weighted by Crippen LogP contribution is -2.20. The summed E-state index contributed by atoms with van der Waals surface area (Å²) in [4.78, 5) is 19.6. The van der Waals surface area contributed by atoms with Crippen molar-refractivity contribution in [3.05, 3.63) is 30.5 Å². The van der Waals surface area contributed by atoms with E-state index in [1.165, 1.54) is 0 Å². The average molecular weight is 287 g/mol. The highest BCUT2D eigenvalue weighted by Gasteiger charge is 2.15. The fraction of sp³-hybridized carbons (Fsp3) is 0.438. The number of carboxylic acid groups (broad SMARTS) is 1. The third-order valence-electron chi connectivity index (χ3n) is 3.31. The Balaban J connectivity index is 2.02. The smallest absolute Gasteiger partial charge is 0.303 e. The summed E-state index contributed by atoms with van der Waals surface area (Å²) in [5.41, 5.74) is 0.883. The second kappa shape index (κ2) is 7.02. The van der Waals surface area contributed by atoms with Crippen LogP contribution < -0.4 is 5.32 Å². The summed E-state index contributed by atoms with van der Waals surface area (Å²) >= 11 is 0. The van der Waals surface area contributed by atoms with E-state index in [9.17, 15) is 4.79 Å². The lowest BCUT2D eigenvalue weighted by Gasteiger charge is -2.17. The number of fused-ring (bicyclic) bond motifs is 1. The van der Waals surface area contributed by atoms with Gasteiger partial charge in [-0.25, -0.2) is 9.97 Å². The molecular weight excluding hydrogens is 266 g/mol. The molecule has 1 atom stereocenters. The number of carboxylic acids is 1. The standard InChI is InChI=1S/C16H21N3O2/c1-11(2)7-12(8-15(20)21)9-17-16-18-10-13-5-3-4-6-14(13)19-16/h3-6,10-12H,7-9H2,1-2H3,(H,20,21)(H,17,18,19). The van der Waals surface area contributed by atoms with Gasteiger partial charge in [-0.05, 0) is 24.3 Å². The maximum Gasteiger partial charge on any atom is 0.303 e. The molecule has 0 amide bonds. The van der Waals surface area contributed by atoms with Gasteiger partial charge in [0.25, 0.3) is 0 Å². The van der Waals surface area contributed by atoms with Crippen molar-refractivity contribution >= 4 is 22.8 Å². The predicted octanol–water partition coefficient (Wildman–Crippen LogP) is 3.18. The van der Waals surface area contributed by atoms with E-state index in [2.05, 4.69) is 29.1 Å². The zero-order chi connectivity index (χ0) is 15.2. The maximum absolute atomic E-state index is 10.9. The fourth-order valence-electron chi connectivity index (χ4n) is 2.45. The van der Waals surface area contributed by atoms with Crippen LogP contribution in [-0.2, 0) is 4.79 Å². The number of para-hydroxylation sites is 1. The topological polar surface area (TPSA) is 75.1 Å². The predicted molar refractivity (Wildman–Crippen MR) is 83.2 cm³/mol. The zero-order valence-corrected chi connectivity index (χ0v) is 12.4. The van der Waals surface area contributed by atoms with Gasteiger partial charge < -0.3 is 10.4 Å². The van der Waals surface area contributed by atoms with Gasteiger partial charge in [0.1, 0.15) is 0 Å². The molecule has 0 bridgehead atoms. The molecule has 0 saturated carbocycles. The molecule has 0 aliphatic carbocycles. The van der Waals surface area contributed by atoms with Crippen molar-refractivity contribution < 1.29 is 9.90 Å². The molecule has 5 nitrogen and oxygen atoms in total. The average Bonchev–Trinajstić information content (AvgIpc) is 2.43. The molecule has 21 heavy (non-hydrogen) atoms. The summed E-state index contributed by atoms with van der Waals surface area (Å²) in [6, 6.07) is 7.78. The van der Waals surface area contributed by atoms with Gasteiger partial charge >= 0.3 is 5.97 Å². The third-order valence-corrected chi connectivity index (χ3v) is 3.31. The molecule has 2 aromatic rings. The molecule has 0 aliphatic rings. The van der Waals surface area contributed by atoms with E-state index in [-0.39, 0.29) is 12.3 Å². The number of anilines is 1. The largest absolute Gasteiger partial charge is 0.481 e.